The molecule has 0 saturated carbocycles. The summed E-state index contributed by atoms with van der Waals surface area (Å²) in [5, 5.41) is 3.37. The van der Waals surface area contributed by atoms with Gasteiger partial charge in [0.1, 0.15) is 0 Å². The molecule has 0 saturated heterocycles. The van der Waals surface area contributed by atoms with Gasteiger partial charge in [0.25, 0.3) is 0 Å². The molecular weight excluding hydrogens is 236 g/mol. The Morgan fingerprint density at radius 1 is 1.26 bits per heavy atom. The van der Waals surface area contributed by atoms with Crippen molar-refractivity contribution in [3.8, 4) is 0 Å². The summed E-state index contributed by atoms with van der Waals surface area (Å²) in [5.74, 6) is 1.79. The van der Waals surface area contributed by atoms with E-state index in [1.165, 1.54) is 12.8 Å². The van der Waals surface area contributed by atoms with Crippen LogP contribution in [-0.2, 0) is 0 Å². The molecule has 1 rings (SSSR count). The van der Waals surface area contributed by atoms with Crippen LogP contribution in [0.3, 0.4) is 0 Å². The smallest absolute Gasteiger partial charge is 0.223 e. The topological polar surface area (TPSA) is 63.8 Å². The number of nitrogens with one attached hydrogen (secondary N) is 1. The van der Waals surface area contributed by atoms with Crippen LogP contribution in [0.5, 0.6) is 0 Å². The first kappa shape index (κ1) is 15.9. The summed E-state index contributed by atoms with van der Waals surface area (Å²) >= 11 is 0. The van der Waals surface area contributed by atoms with E-state index in [-0.39, 0.29) is 0 Å². The van der Waals surface area contributed by atoms with Gasteiger partial charge in [-0.05, 0) is 44.2 Å². The first-order chi connectivity index (χ1) is 9.06. The Balaban J connectivity index is 2.65. The van der Waals surface area contributed by atoms with Crippen LogP contribution >= 0.6 is 0 Å². The van der Waals surface area contributed by atoms with Gasteiger partial charge in [-0.1, -0.05) is 27.2 Å². The van der Waals surface area contributed by atoms with Crippen molar-refractivity contribution < 1.29 is 0 Å². The second-order valence-electron chi connectivity index (χ2n) is 5.53. The van der Waals surface area contributed by atoms with Crippen molar-refractivity contribution in [1.29, 1.82) is 0 Å². The highest BCUT2D eigenvalue weighted by Gasteiger charge is 2.09. The Morgan fingerprint density at radius 3 is 2.58 bits per heavy atom. The predicted octanol–water partition coefficient (Wildman–Crippen LogP) is 3.09. The summed E-state index contributed by atoms with van der Waals surface area (Å²) in [5.41, 5.74) is 7.78. The van der Waals surface area contributed by atoms with Crippen molar-refractivity contribution in [2.75, 3.05) is 18.4 Å². The van der Waals surface area contributed by atoms with E-state index in [4.69, 9.17) is 5.73 Å². The van der Waals surface area contributed by atoms with E-state index in [0.29, 0.717) is 11.8 Å². The van der Waals surface area contributed by atoms with Gasteiger partial charge in [-0.3, -0.25) is 0 Å². The van der Waals surface area contributed by atoms with Crippen LogP contribution in [0.2, 0.25) is 0 Å². The molecule has 4 nitrogen and oxygen atoms in total. The fourth-order valence-electron chi connectivity index (χ4n) is 2.20. The van der Waals surface area contributed by atoms with Crippen LogP contribution in [0.25, 0.3) is 0 Å². The number of anilines is 1. The lowest BCUT2D eigenvalue weighted by molar-refractivity contribution is 0.472. The summed E-state index contributed by atoms with van der Waals surface area (Å²) in [4.78, 5) is 9.03. The lowest BCUT2D eigenvalue weighted by atomic mass is 10.00. The van der Waals surface area contributed by atoms with Crippen molar-refractivity contribution in [1.82, 2.24) is 9.97 Å². The van der Waals surface area contributed by atoms with E-state index in [0.717, 1.165) is 36.8 Å². The lowest BCUT2D eigenvalue weighted by Crippen LogP contribution is -2.19. The Labute approximate surface area is 117 Å². The number of hydrogen-bond donors (Lipinski definition) is 2. The fourth-order valence-corrected chi connectivity index (χ4v) is 2.20. The third-order valence-corrected chi connectivity index (χ3v) is 3.29. The second kappa shape index (κ2) is 8.10. The Kier molecular flexibility index (Phi) is 6.78. The van der Waals surface area contributed by atoms with Gasteiger partial charge < -0.3 is 11.1 Å². The molecule has 0 aliphatic rings. The first-order valence-corrected chi connectivity index (χ1v) is 7.36. The fraction of sp³-hybridized carbons (Fsp3) is 0.733. The standard InChI is InChI=1S/C15H28N4/c1-5-6-13(7-8-16)10-17-15-18-12(4)9-14(19-15)11(2)3/h9,11,13H,5-8,10,16H2,1-4H3,(H,17,18,19). The molecule has 0 aliphatic heterocycles. The maximum Gasteiger partial charge on any atom is 0.223 e. The summed E-state index contributed by atoms with van der Waals surface area (Å²) in [6.07, 6.45) is 3.45. The monoisotopic (exact) mass is 264 g/mol. The Bertz CT molecular complexity index is 370. The van der Waals surface area contributed by atoms with E-state index in [2.05, 4.69) is 42.1 Å². The van der Waals surface area contributed by atoms with E-state index in [1.54, 1.807) is 0 Å². The number of rotatable bonds is 8. The van der Waals surface area contributed by atoms with Crippen molar-refractivity contribution in [2.24, 2.45) is 11.7 Å². The van der Waals surface area contributed by atoms with Gasteiger partial charge in [0.15, 0.2) is 0 Å². The molecule has 0 bridgehead atoms. The van der Waals surface area contributed by atoms with Crippen LogP contribution in [0.4, 0.5) is 5.95 Å². The molecule has 0 fully saturated rings. The van der Waals surface area contributed by atoms with Crippen molar-refractivity contribution in [2.45, 2.75) is 52.9 Å². The molecule has 0 aliphatic carbocycles. The average molecular weight is 264 g/mol. The minimum absolute atomic E-state index is 0.428. The molecule has 1 unspecified atom stereocenters. The van der Waals surface area contributed by atoms with Crippen molar-refractivity contribution >= 4 is 5.95 Å². The maximum atomic E-state index is 5.66. The Morgan fingerprint density at radius 2 is 2.00 bits per heavy atom. The predicted molar refractivity (Wildman–Crippen MR) is 81.4 cm³/mol. The molecule has 1 heterocycles. The second-order valence-corrected chi connectivity index (χ2v) is 5.53. The zero-order chi connectivity index (χ0) is 14.3. The zero-order valence-electron chi connectivity index (χ0n) is 12.7. The van der Waals surface area contributed by atoms with Crippen LogP contribution in [-0.4, -0.2) is 23.1 Å². The van der Waals surface area contributed by atoms with Crippen molar-refractivity contribution in [3.63, 3.8) is 0 Å². The van der Waals surface area contributed by atoms with Gasteiger partial charge in [-0.2, -0.15) is 0 Å². The van der Waals surface area contributed by atoms with E-state index < -0.39 is 0 Å². The van der Waals surface area contributed by atoms with Gasteiger partial charge in [-0.15, -0.1) is 0 Å². The molecule has 0 amide bonds. The summed E-state index contributed by atoms with van der Waals surface area (Å²) in [6, 6.07) is 2.05. The van der Waals surface area contributed by atoms with Gasteiger partial charge in [-0.25, -0.2) is 9.97 Å². The molecule has 0 spiro atoms. The molecule has 1 aromatic rings. The number of aromatic nitrogens is 2. The molecule has 4 heteroatoms. The molecule has 3 N–H and O–H groups in total. The Hall–Kier alpha value is -1.16. The van der Waals surface area contributed by atoms with Gasteiger partial charge >= 0.3 is 0 Å². The third-order valence-electron chi connectivity index (χ3n) is 3.29. The zero-order valence-corrected chi connectivity index (χ0v) is 12.7. The maximum absolute atomic E-state index is 5.66. The lowest BCUT2D eigenvalue weighted by Gasteiger charge is -2.16. The van der Waals surface area contributed by atoms with Crippen LogP contribution in [0, 0.1) is 12.8 Å². The van der Waals surface area contributed by atoms with E-state index in [1.807, 2.05) is 6.92 Å². The molecule has 1 atom stereocenters. The van der Waals surface area contributed by atoms with Crippen LogP contribution < -0.4 is 11.1 Å². The number of nitrogens with zero attached hydrogens (tertiary/aromatic N) is 2. The normalized spacial score (nSPS) is 12.7. The highest BCUT2D eigenvalue weighted by atomic mass is 15.1. The summed E-state index contributed by atoms with van der Waals surface area (Å²) in [7, 11) is 0. The van der Waals surface area contributed by atoms with Crippen molar-refractivity contribution in [3.05, 3.63) is 17.5 Å². The molecule has 1 aromatic heterocycles. The highest BCUT2D eigenvalue weighted by molar-refractivity contribution is 5.29. The van der Waals surface area contributed by atoms with Crippen LogP contribution in [0.1, 0.15) is 57.3 Å². The van der Waals surface area contributed by atoms with E-state index in [9.17, 15) is 0 Å². The minimum Gasteiger partial charge on any atom is -0.354 e. The summed E-state index contributed by atoms with van der Waals surface area (Å²) in [6.45, 7) is 10.2. The minimum atomic E-state index is 0.428. The number of aryl methyl sites for hydroxylation is 1. The van der Waals surface area contributed by atoms with Gasteiger partial charge in [0.05, 0.1) is 0 Å². The molecule has 108 valence electrons. The van der Waals surface area contributed by atoms with Gasteiger partial charge in [0.2, 0.25) is 5.95 Å². The highest BCUT2D eigenvalue weighted by Crippen LogP contribution is 2.16. The third kappa shape index (κ3) is 5.55. The number of hydrogen-bond acceptors (Lipinski definition) is 4. The first-order valence-electron chi connectivity index (χ1n) is 7.36. The molecule has 0 aromatic carbocycles. The quantitative estimate of drug-likeness (QED) is 0.757. The average Bonchev–Trinajstić information content (AvgIpc) is 2.36. The van der Waals surface area contributed by atoms with Gasteiger partial charge in [0, 0.05) is 17.9 Å². The van der Waals surface area contributed by atoms with Crippen LogP contribution in [0.15, 0.2) is 6.07 Å². The molecular formula is C15H28N4. The SMILES string of the molecule is CCCC(CCN)CNc1nc(C)cc(C(C)C)n1. The summed E-state index contributed by atoms with van der Waals surface area (Å²) < 4.78 is 0. The molecule has 19 heavy (non-hydrogen) atoms. The largest absolute Gasteiger partial charge is 0.354 e. The number of nitrogens with two attached hydrogens (primary N) is 1. The molecule has 0 radical (unpaired) electrons. The van der Waals surface area contributed by atoms with E-state index >= 15 is 0 Å².